The van der Waals surface area contributed by atoms with Crippen molar-refractivity contribution in [2.45, 2.75) is 13.3 Å². The molecule has 0 fully saturated rings. The van der Waals surface area contributed by atoms with E-state index in [1.165, 1.54) is 0 Å². The maximum atomic E-state index is 11.6. The number of carbonyl (C=O) groups excluding carboxylic acids is 1. The van der Waals surface area contributed by atoms with Gasteiger partial charge in [-0.1, -0.05) is 18.2 Å². The Morgan fingerprint density at radius 2 is 2.12 bits per heavy atom. The number of hydrazone groups is 1. The Labute approximate surface area is 98.9 Å². The van der Waals surface area contributed by atoms with Crippen LogP contribution in [0.1, 0.15) is 18.2 Å². The van der Waals surface area contributed by atoms with E-state index in [1.807, 2.05) is 26.1 Å². The van der Waals surface area contributed by atoms with E-state index >= 15 is 0 Å². The van der Waals surface area contributed by atoms with E-state index in [-0.39, 0.29) is 5.91 Å². The van der Waals surface area contributed by atoms with Crippen molar-refractivity contribution in [2.75, 3.05) is 0 Å². The monoisotopic (exact) mass is 227 g/mol. The van der Waals surface area contributed by atoms with Crippen LogP contribution in [0.25, 0.3) is 10.9 Å². The minimum Gasteiger partial charge on any atom is -0.346 e. The van der Waals surface area contributed by atoms with Gasteiger partial charge in [0.1, 0.15) is 0 Å². The number of nitrogens with zero attached hydrogens (tertiary/aromatic N) is 2. The van der Waals surface area contributed by atoms with Crippen LogP contribution in [0.5, 0.6) is 0 Å². The highest BCUT2D eigenvalue weighted by atomic mass is 16.2. The lowest BCUT2D eigenvalue weighted by atomic mass is 10.1. The number of aryl methyl sites for hydroxylation is 1. The summed E-state index contributed by atoms with van der Waals surface area (Å²) in [7, 11) is 1.99. The number of aromatic nitrogens is 1. The Hall–Kier alpha value is -2.10. The molecule has 0 aliphatic carbocycles. The molecule has 0 atom stereocenters. The van der Waals surface area contributed by atoms with Gasteiger partial charge in [0, 0.05) is 29.2 Å². The minimum absolute atomic E-state index is 0.0611. The average Bonchev–Trinajstić information content (AvgIpc) is 2.50. The Balaban J connectivity index is 2.43. The number of fused-ring (bicyclic) bond motifs is 3. The van der Waals surface area contributed by atoms with Gasteiger partial charge >= 0.3 is 0 Å². The zero-order chi connectivity index (χ0) is 12.0. The molecule has 2 aromatic rings. The largest absolute Gasteiger partial charge is 0.346 e. The Morgan fingerprint density at radius 1 is 1.35 bits per heavy atom. The quantitative estimate of drug-likeness (QED) is 0.729. The summed E-state index contributed by atoms with van der Waals surface area (Å²) in [6, 6.07) is 8.16. The number of hydrogen-bond donors (Lipinski definition) is 1. The van der Waals surface area contributed by atoms with Gasteiger partial charge in [-0.05, 0) is 13.0 Å². The lowest BCUT2D eigenvalue weighted by Crippen LogP contribution is -2.19. The fraction of sp³-hybridized carbons (Fsp3) is 0.231. The molecule has 4 nitrogen and oxygen atoms in total. The number of para-hydroxylation sites is 1. The standard InChI is InChI=1S/C13H13N3O/c1-8-13-9-5-3-4-6-10(9)16(2)11(13)7-12(17)15-14-8/h3-6H,7H2,1-2H3,(H,15,17). The molecule has 0 saturated carbocycles. The third-order valence-electron chi connectivity index (χ3n) is 3.27. The van der Waals surface area contributed by atoms with Gasteiger partial charge < -0.3 is 4.57 Å². The van der Waals surface area contributed by atoms with Gasteiger partial charge in [-0.25, -0.2) is 5.43 Å². The number of amides is 1. The first kappa shape index (κ1) is 10.1. The normalized spacial score (nSPS) is 15.2. The molecule has 86 valence electrons. The summed E-state index contributed by atoms with van der Waals surface area (Å²) in [6.07, 6.45) is 0.376. The molecule has 1 aliphatic rings. The van der Waals surface area contributed by atoms with Crippen LogP contribution in [0.4, 0.5) is 0 Å². The number of benzene rings is 1. The van der Waals surface area contributed by atoms with E-state index in [2.05, 4.69) is 27.2 Å². The summed E-state index contributed by atoms with van der Waals surface area (Å²) in [5.74, 6) is -0.0611. The van der Waals surface area contributed by atoms with Crippen molar-refractivity contribution in [3.63, 3.8) is 0 Å². The number of carbonyl (C=O) groups is 1. The van der Waals surface area contributed by atoms with E-state index in [9.17, 15) is 4.79 Å². The lowest BCUT2D eigenvalue weighted by molar-refractivity contribution is -0.120. The third-order valence-corrected chi connectivity index (χ3v) is 3.27. The van der Waals surface area contributed by atoms with Gasteiger partial charge in [-0.15, -0.1) is 0 Å². The SMILES string of the molecule is CC1=NNC(=O)Cc2c1c1ccccc1n2C. The van der Waals surface area contributed by atoms with Crippen LogP contribution in [-0.4, -0.2) is 16.2 Å². The second-order valence-corrected chi connectivity index (χ2v) is 4.31. The van der Waals surface area contributed by atoms with Crippen LogP contribution in [0, 0.1) is 0 Å². The Bertz CT molecular complexity index is 652. The van der Waals surface area contributed by atoms with Crippen molar-refractivity contribution in [3.8, 4) is 0 Å². The molecule has 0 saturated heterocycles. The average molecular weight is 227 g/mol. The van der Waals surface area contributed by atoms with Gasteiger partial charge in [0.25, 0.3) is 0 Å². The molecule has 0 radical (unpaired) electrons. The molecule has 3 rings (SSSR count). The lowest BCUT2D eigenvalue weighted by Gasteiger charge is -2.02. The van der Waals surface area contributed by atoms with E-state index in [1.54, 1.807) is 0 Å². The van der Waals surface area contributed by atoms with Gasteiger partial charge in [0.2, 0.25) is 5.91 Å². The number of rotatable bonds is 0. The summed E-state index contributed by atoms with van der Waals surface area (Å²) in [4.78, 5) is 11.6. The topological polar surface area (TPSA) is 46.4 Å². The zero-order valence-electron chi connectivity index (χ0n) is 9.82. The number of hydrogen-bond acceptors (Lipinski definition) is 2. The molecular weight excluding hydrogens is 214 g/mol. The summed E-state index contributed by atoms with van der Waals surface area (Å²) in [5, 5.41) is 5.27. The van der Waals surface area contributed by atoms with E-state index < -0.39 is 0 Å². The van der Waals surface area contributed by atoms with Crippen molar-refractivity contribution in [1.29, 1.82) is 0 Å². The summed E-state index contributed by atoms with van der Waals surface area (Å²) >= 11 is 0. The van der Waals surface area contributed by atoms with Crippen molar-refractivity contribution in [2.24, 2.45) is 12.1 Å². The highest BCUT2D eigenvalue weighted by Gasteiger charge is 2.21. The molecule has 0 spiro atoms. The maximum Gasteiger partial charge on any atom is 0.246 e. The van der Waals surface area contributed by atoms with E-state index in [4.69, 9.17) is 0 Å². The molecule has 1 N–H and O–H groups in total. The van der Waals surface area contributed by atoms with Crippen molar-refractivity contribution < 1.29 is 4.79 Å². The molecule has 1 aromatic carbocycles. The molecule has 1 aromatic heterocycles. The predicted octanol–water partition coefficient (Wildman–Crippen LogP) is 1.57. The molecule has 1 aliphatic heterocycles. The second kappa shape index (κ2) is 3.45. The third kappa shape index (κ3) is 1.37. The molecule has 0 unspecified atom stereocenters. The molecular formula is C13H13N3O. The first-order valence-corrected chi connectivity index (χ1v) is 5.58. The second-order valence-electron chi connectivity index (χ2n) is 4.31. The maximum absolute atomic E-state index is 11.6. The van der Waals surface area contributed by atoms with Crippen molar-refractivity contribution in [1.82, 2.24) is 9.99 Å². The summed E-state index contributed by atoms with van der Waals surface area (Å²) in [5.41, 5.74) is 6.67. The van der Waals surface area contributed by atoms with Crippen molar-refractivity contribution >= 4 is 22.5 Å². The molecule has 1 amide bonds. The van der Waals surface area contributed by atoms with Crippen molar-refractivity contribution in [3.05, 3.63) is 35.5 Å². The van der Waals surface area contributed by atoms with Gasteiger partial charge in [0.15, 0.2) is 0 Å². The van der Waals surface area contributed by atoms with Crippen LogP contribution in [0.15, 0.2) is 29.4 Å². The fourth-order valence-corrected chi connectivity index (χ4v) is 2.45. The highest BCUT2D eigenvalue weighted by Crippen LogP contribution is 2.27. The smallest absolute Gasteiger partial charge is 0.246 e. The minimum atomic E-state index is -0.0611. The highest BCUT2D eigenvalue weighted by molar-refractivity contribution is 6.12. The van der Waals surface area contributed by atoms with Crippen LogP contribution < -0.4 is 5.43 Å². The first-order chi connectivity index (χ1) is 8.18. The molecule has 0 bridgehead atoms. The van der Waals surface area contributed by atoms with Crippen LogP contribution >= 0.6 is 0 Å². The van der Waals surface area contributed by atoms with E-state index in [0.717, 1.165) is 27.9 Å². The molecule has 17 heavy (non-hydrogen) atoms. The summed E-state index contributed by atoms with van der Waals surface area (Å²) < 4.78 is 2.08. The van der Waals surface area contributed by atoms with Gasteiger partial charge in [-0.3, -0.25) is 4.79 Å². The van der Waals surface area contributed by atoms with Crippen LogP contribution in [-0.2, 0) is 18.3 Å². The number of nitrogens with one attached hydrogen (secondary N) is 1. The summed E-state index contributed by atoms with van der Waals surface area (Å²) in [6.45, 7) is 1.93. The van der Waals surface area contributed by atoms with Gasteiger partial charge in [-0.2, -0.15) is 5.10 Å². The van der Waals surface area contributed by atoms with Gasteiger partial charge in [0.05, 0.1) is 12.1 Å². The first-order valence-electron chi connectivity index (χ1n) is 5.58. The molecule has 4 heteroatoms. The predicted molar refractivity (Wildman–Crippen MR) is 67.0 cm³/mol. The zero-order valence-corrected chi connectivity index (χ0v) is 9.82. The fourth-order valence-electron chi connectivity index (χ4n) is 2.45. The van der Waals surface area contributed by atoms with E-state index in [0.29, 0.717) is 6.42 Å². The Morgan fingerprint density at radius 3 is 2.94 bits per heavy atom. The Kier molecular flexibility index (Phi) is 2.04. The molecule has 2 heterocycles. The van der Waals surface area contributed by atoms with Crippen LogP contribution in [0.3, 0.4) is 0 Å². The van der Waals surface area contributed by atoms with Crippen LogP contribution in [0.2, 0.25) is 0 Å².